The standard InChI is InChI=1S/C14H13ClO2/c15-12-4-6-13(7-5-12)17-14-3-1-2-11(10-14)8-9-16/h1-7,10,16H,8-9H2. The van der Waals surface area contributed by atoms with E-state index < -0.39 is 0 Å². The van der Waals surface area contributed by atoms with E-state index in [-0.39, 0.29) is 6.61 Å². The molecule has 0 saturated heterocycles. The van der Waals surface area contributed by atoms with Gasteiger partial charge < -0.3 is 9.84 Å². The minimum absolute atomic E-state index is 0.143. The monoisotopic (exact) mass is 248 g/mol. The summed E-state index contributed by atoms with van der Waals surface area (Å²) < 4.78 is 5.68. The number of aliphatic hydroxyl groups is 1. The molecule has 17 heavy (non-hydrogen) atoms. The van der Waals surface area contributed by atoms with Crippen LogP contribution in [0.15, 0.2) is 48.5 Å². The maximum Gasteiger partial charge on any atom is 0.127 e. The highest BCUT2D eigenvalue weighted by Crippen LogP contribution is 2.23. The maximum atomic E-state index is 8.88. The second kappa shape index (κ2) is 5.71. The number of aliphatic hydroxyl groups excluding tert-OH is 1. The maximum absolute atomic E-state index is 8.88. The zero-order valence-electron chi connectivity index (χ0n) is 9.27. The second-order valence-electron chi connectivity index (χ2n) is 3.68. The van der Waals surface area contributed by atoms with Gasteiger partial charge in [-0.25, -0.2) is 0 Å². The second-order valence-corrected chi connectivity index (χ2v) is 4.11. The Balaban J connectivity index is 2.12. The largest absolute Gasteiger partial charge is 0.457 e. The first kappa shape index (κ1) is 12.0. The van der Waals surface area contributed by atoms with Crippen molar-refractivity contribution in [2.24, 2.45) is 0 Å². The highest BCUT2D eigenvalue weighted by Gasteiger charge is 1.99. The Morgan fingerprint density at radius 3 is 2.47 bits per heavy atom. The first-order chi connectivity index (χ1) is 8.28. The molecule has 0 heterocycles. The molecule has 0 aromatic heterocycles. The summed E-state index contributed by atoms with van der Waals surface area (Å²) in [5.74, 6) is 1.51. The van der Waals surface area contributed by atoms with Crippen LogP contribution in [0.2, 0.25) is 5.02 Å². The van der Waals surface area contributed by atoms with E-state index in [1.54, 1.807) is 12.1 Å². The lowest BCUT2D eigenvalue weighted by molar-refractivity contribution is 0.299. The molecule has 0 fully saturated rings. The van der Waals surface area contributed by atoms with Gasteiger partial charge >= 0.3 is 0 Å². The molecule has 0 atom stereocenters. The van der Waals surface area contributed by atoms with Gasteiger partial charge in [-0.3, -0.25) is 0 Å². The van der Waals surface area contributed by atoms with Crippen LogP contribution in [0, 0.1) is 0 Å². The van der Waals surface area contributed by atoms with Crippen molar-refractivity contribution in [3.63, 3.8) is 0 Å². The molecule has 0 radical (unpaired) electrons. The minimum Gasteiger partial charge on any atom is -0.457 e. The van der Waals surface area contributed by atoms with Gasteiger partial charge in [0.25, 0.3) is 0 Å². The van der Waals surface area contributed by atoms with E-state index in [1.807, 2.05) is 36.4 Å². The summed E-state index contributed by atoms with van der Waals surface area (Å²) in [6.45, 7) is 0.143. The Morgan fingerprint density at radius 2 is 1.76 bits per heavy atom. The summed E-state index contributed by atoms with van der Waals surface area (Å²) in [5, 5.41) is 9.56. The Morgan fingerprint density at radius 1 is 1.00 bits per heavy atom. The van der Waals surface area contributed by atoms with E-state index in [0.29, 0.717) is 11.4 Å². The van der Waals surface area contributed by atoms with Crippen LogP contribution in [-0.4, -0.2) is 11.7 Å². The normalized spacial score (nSPS) is 10.2. The molecule has 0 amide bonds. The highest BCUT2D eigenvalue weighted by atomic mass is 35.5. The van der Waals surface area contributed by atoms with Crippen LogP contribution in [0.4, 0.5) is 0 Å². The molecule has 0 bridgehead atoms. The van der Waals surface area contributed by atoms with Crippen LogP contribution >= 0.6 is 11.6 Å². The molecule has 3 heteroatoms. The first-order valence-corrected chi connectivity index (χ1v) is 5.79. The Kier molecular flexibility index (Phi) is 4.02. The highest BCUT2D eigenvalue weighted by molar-refractivity contribution is 6.30. The van der Waals surface area contributed by atoms with Gasteiger partial charge in [-0.05, 0) is 48.4 Å². The van der Waals surface area contributed by atoms with Crippen LogP contribution in [0.5, 0.6) is 11.5 Å². The third kappa shape index (κ3) is 3.48. The predicted molar refractivity (Wildman–Crippen MR) is 68.8 cm³/mol. The predicted octanol–water partition coefficient (Wildman–Crippen LogP) is 3.67. The molecule has 0 spiro atoms. The van der Waals surface area contributed by atoms with Gasteiger partial charge in [-0.1, -0.05) is 23.7 Å². The quantitative estimate of drug-likeness (QED) is 0.895. The number of rotatable bonds is 4. The summed E-state index contributed by atoms with van der Waals surface area (Å²) in [4.78, 5) is 0. The van der Waals surface area contributed by atoms with Gasteiger partial charge in [0, 0.05) is 11.6 Å². The molecule has 0 unspecified atom stereocenters. The average Bonchev–Trinajstić information content (AvgIpc) is 2.33. The fourth-order valence-electron chi connectivity index (χ4n) is 1.53. The van der Waals surface area contributed by atoms with E-state index in [9.17, 15) is 0 Å². The van der Waals surface area contributed by atoms with Crippen LogP contribution in [0.25, 0.3) is 0 Å². The molecular formula is C14H13ClO2. The van der Waals surface area contributed by atoms with E-state index >= 15 is 0 Å². The smallest absolute Gasteiger partial charge is 0.127 e. The Labute approximate surface area is 105 Å². The fraction of sp³-hybridized carbons (Fsp3) is 0.143. The summed E-state index contributed by atoms with van der Waals surface area (Å²) >= 11 is 5.80. The fourth-order valence-corrected chi connectivity index (χ4v) is 1.66. The Bertz CT molecular complexity index is 480. The number of ether oxygens (including phenoxy) is 1. The third-order valence-corrected chi connectivity index (χ3v) is 2.60. The molecule has 2 aromatic rings. The summed E-state index contributed by atoms with van der Waals surface area (Å²) in [7, 11) is 0. The number of hydrogen-bond acceptors (Lipinski definition) is 2. The lowest BCUT2D eigenvalue weighted by atomic mass is 10.1. The molecule has 2 aromatic carbocycles. The minimum atomic E-state index is 0.143. The van der Waals surface area contributed by atoms with Crippen molar-refractivity contribution in [1.82, 2.24) is 0 Å². The van der Waals surface area contributed by atoms with E-state index in [1.165, 1.54) is 0 Å². The summed E-state index contributed by atoms with van der Waals surface area (Å²) in [6.07, 6.45) is 0.637. The zero-order valence-corrected chi connectivity index (χ0v) is 10.0. The van der Waals surface area contributed by atoms with Crippen molar-refractivity contribution in [2.45, 2.75) is 6.42 Å². The van der Waals surface area contributed by atoms with Crippen molar-refractivity contribution in [1.29, 1.82) is 0 Å². The number of halogens is 1. The van der Waals surface area contributed by atoms with Gasteiger partial charge in [-0.15, -0.1) is 0 Å². The van der Waals surface area contributed by atoms with Crippen LogP contribution < -0.4 is 4.74 Å². The van der Waals surface area contributed by atoms with Gasteiger partial charge in [-0.2, -0.15) is 0 Å². The van der Waals surface area contributed by atoms with E-state index in [0.717, 1.165) is 17.1 Å². The topological polar surface area (TPSA) is 29.5 Å². The average molecular weight is 249 g/mol. The number of benzene rings is 2. The van der Waals surface area contributed by atoms with Crippen LogP contribution in [0.1, 0.15) is 5.56 Å². The van der Waals surface area contributed by atoms with Gasteiger partial charge in [0.15, 0.2) is 0 Å². The van der Waals surface area contributed by atoms with Gasteiger partial charge in [0.05, 0.1) is 0 Å². The summed E-state index contributed by atoms with van der Waals surface area (Å²) in [5.41, 5.74) is 1.05. The first-order valence-electron chi connectivity index (χ1n) is 5.41. The van der Waals surface area contributed by atoms with Crippen molar-refractivity contribution < 1.29 is 9.84 Å². The molecule has 0 aliphatic rings. The third-order valence-electron chi connectivity index (χ3n) is 2.35. The van der Waals surface area contributed by atoms with E-state index in [4.69, 9.17) is 21.4 Å². The Hall–Kier alpha value is -1.51. The lowest BCUT2D eigenvalue weighted by Crippen LogP contribution is -1.91. The molecule has 1 N–H and O–H groups in total. The van der Waals surface area contributed by atoms with Crippen LogP contribution in [-0.2, 0) is 6.42 Å². The molecule has 0 aliphatic carbocycles. The van der Waals surface area contributed by atoms with Gasteiger partial charge in [0.2, 0.25) is 0 Å². The van der Waals surface area contributed by atoms with E-state index in [2.05, 4.69) is 0 Å². The number of hydrogen-bond donors (Lipinski definition) is 1. The van der Waals surface area contributed by atoms with Crippen molar-refractivity contribution >= 4 is 11.6 Å². The van der Waals surface area contributed by atoms with Crippen LogP contribution in [0.3, 0.4) is 0 Å². The molecule has 0 saturated carbocycles. The zero-order chi connectivity index (χ0) is 12.1. The SMILES string of the molecule is OCCc1cccc(Oc2ccc(Cl)cc2)c1. The molecular weight excluding hydrogens is 236 g/mol. The molecule has 88 valence electrons. The molecule has 2 rings (SSSR count). The van der Waals surface area contributed by atoms with Crippen molar-refractivity contribution in [3.05, 3.63) is 59.1 Å². The van der Waals surface area contributed by atoms with Gasteiger partial charge in [0.1, 0.15) is 11.5 Å². The molecule has 2 nitrogen and oxygen atoms in total. The van der Waals surface area contributed by atoms with Crippen molar-refractivity contribution in [3.8, 4) is 11.5 Å². The summed E-state index contributed by atoms with van der Waals surface area (Å²) in [6, 6.07) is 14.9. The molecule has 0 aliphatic heterocycles. The van der Waals surface area contributed by atoms with Crippen molar-refractivity contribution in [2.75, 3.05) is 6.61 Å². The lowest BCUT2D eigenvalue weighted by Gasteiger charge is -2.07.